The molecule has 1 aromatic carbocycles. The van der Waals surface area contributed by atoms with Gasteiger partial charge in [0.1, 0.15) is 17.1 Å². The van der Waals surface area contributed by atoms with Crippen molar-refractivity contribution in [2.45, 2.75) is 37.6 Å². The SMILES string of the molecule is O=C(O)CC1(Oc2ccc(OC(F)(F)F)cc2)CCC1. The van der Waals surface area contributed by atoms with E-state index in [1.807, 2.05) is 0 Å². The number of hydrogen-bond donors (Lipinski definition) is 1. The van der Waals surface area contributed by atoms with Crippen molar-refractivity contribution in [2.75, 3.05) is 0 Å². The van der Waals surface area contributed by atoms with E-state index in [1.54, 1.807) is 0 Å². The first-order valence-corrected chi connectivity index (χ1v) is 6.05. The van der Waals surface area contributed by atoms with Crippen molar-refractivity contribution in [3.8, 4) is 11.5 Å². The number of hydrogen-bond acceptors (Lipinski definition) is 3. The third-order valence-electron chi connectivity index (χ3n) is 3.13. The molecule has 1 aliphatic carbocycles. The van der Waals surface area contributed by atoms with E-state index in [0.29, 0.717) is 18.6 Å². The van der Waals surface area contributed by atoms with E-state index in [4.69, 9.17) is 9.84 Å². The van der Waals surface area contributed by atoms with Crippen molar-refractivity contribution in [2.24, 2.45) is 0 Å². The molecule has 0 unspecified atom stereocenters. The summed E-state index contributed by atoms with van der Waals surface area (Å²) in [6.07, 6.45) is -2.72. The Bertz CT molecular complexity index is 477. The fraction of sp³-hybridized carbons (Fsp3) is 0.462. The lowest BCUT2D eigenvalue weighted by Gasteiger charge is -2.40. The first-order valence-electron chi connectivity index (χ1n) is 6.05. The predicted octanol–water partition coefficient (Wildman–Crippen LogP) is 3.36. The van der Waals surface area contributed by atoms with Crippen molar-refractivity contribution in [1.82, 2.24) is 0 Å². The molecule has 0 radical (unpaired) electrons. The molecule has 0 saturated heterocycles. The Morgan fingerprint density at radius 1 is 1.20 bits per heavy atom. The van der Waals surface area contributed by atoms with Crippen LogP contribution in [0, 0.1) is 0 Å². The van der Waals surface area contributed by atoms with Crippen LogP contribution in [0.2, 0.25) is 0 Å². The van der Waals surface area contributed by atoms with Gasteiger partial charge in [-0.2, -0.15) is 0 Å². The molecule has 1 aliphatic rings. The summed E-state index contributed by atoms with van der Waals surface area (Å²) in [6.45, 7) is 0. The third kappa shape index (κ3) is 3.79. The van der Waals surface area contributed by atoms with Crippen molar-refractivity contribution in [3.63, 3.8) is 0 Å². The number of carboxylic acids is 1. The highest BCUT2D eigenvalue weighted by atomic mass is 19.4. The van der Waals surface area contributed by atoms with E-state index < -0.39 is 17.9 Å². The minimum absolute atomic E-state index is 0.117. The van der Waals surface area contributed by atoms with Crippen molar-refractivity contribution in [1.29, 1.82) is 0 Å². The summed E-state index contributed by atoms with van der Waals surface area (Å²) in [5.41, 5.74) is -0.738. The summed E-state index contributed by atoms with van der Waals surface area (Å²) in [5.74, 6) is -0.965. The Morgan fingerprint density at radius 2 is 1.75 bits per heavy atom. The molecule has 0 aromatic heterocycles. The lowest BCUT2D eigenvalue weighted by Crippen LogP contribution is -2.45. The number of ether oxygens (including phenoxy) is 2. The molecule has 20 heavy (non-hydrogen) atoms. The molecule has 0 atom stereocenters. The van der Waals surface area contributed by atoms with Gasteiger partial charge in [-0.3, -0.25) is 4.79 Å². The molecule has 0 aliphatic heterocycles. The molecule has 0 spiro atoms. The van der Waals surface area contributed by atoms with E-state index in [1.165, 1.54) is 12.1 Å². The summed E-state index contributed by atoms with van der Waals surface area (Å²) in [4.78, 5) is 10.8. The zero-order chi connectivity index (χ0) is 14.8. The van der Waals surface area contributed by atoms with Crippen molar-refractivity contribution in [3.05, 3.63) is 24.3 Å². The summed E-state index contributed by atoms with van der Waals surface area (Å²) >= 11 is 0. The van der Waals surface area contributed by atoms with Gasteiger partial charge in [-0.15, -0.1) is 13.2 Å². The molecule has 1 N–H and O–H groups in total. The second kappa shape index (κ2) is 5.22. The molecule has 110 valence electrons. The van der Waals surface area contributed by atoms with Gasteiger partial charge in [-0.05, 0) is 43.5 Å². The fourth-order valence-corrected chi connectivity index (χ4v) is 2.12. The number of benzene rings is 1. The van der Waals surface area contributed by atoms with Crippen LogP contribution >= 0.6 is 0 Å². The Balaban J connectivity index is 2.01. The van der Waals surface area contributed by atoms with E-state index >= 15 is 0 Å². The maximum atomic E-state index is 12.0. The topological polar surface area (TPSA) is 55.8 Å². The zero-order valence-corrected chi connectivity index (χ0v) is 10.4. The summed E-state index contributed by atoms with van der Waals surface area (Å²) in [5, 5.41) is 8.84. The molecule has 4 nitrogen and oxygen atoms in total. The predicted molar refractivity (Wildman–Crippen MR) is 62.6 cm³/mol. The molecule has 0 amide bonds. The Kier molecular flexibility index (Phi) is 3.78. The quantitative estimate of drug-likeness (QED) is 0.903. The summed E-state index contributed by atoms with van der Waals surface area (Å²) in [6, 6.07) is 4.94. The number of carbonyl (C=O) groups is 1. The second-order valence-corrected chi connectivity index (χ2v) is 4.73. The Morgan fingerprint density at radius 3 is 2.15 bits per heavy atom. The average Bonchev–Trinajstić information content (AvgIpc) is 2.26. The maximum Gasteiger partial charge on any atom is 0.573 e. The maximum absolute atomic E-state index is 12.0. The van der Waals surface area contributed by atoms with Gasteiger partial charge in [0.25, 0.3) is 0 Å². The zero-order valence-electron chi connectivity index (χ0n) is 10.4. The van der Waals surface area contributed by atoms with Crippen molar-refractivity contribution < 1.29 is 32.5 Å². The minimum atomic E-state index is -4.74. The van der Waals surface area contributed by atoms with Gasteiger partial charge < -0.3 is 14.6 Å². The molecule has 1 saturated carbocycles. The Labute approximate surface area is 113 Å². The van der Waals surface area contributed by atoms with Crippen LogP contribution in [0.15, 0.2) is 24.3 Å². The molecule has 2 rings (SSSR count). The molecule has 7 heteroatoms. The van der Waals surface area contributed by atoms with E-state index in [-0.39, 0.29) is 12.2 Å². The first-order chi connectivity index (χ1) is 9.28. The Hall–Kier alpha value is -1.92. The van der Waals surface area contributed by atoms with Gasteiger partial charge in [0.2, 0.25) is 0 Å². The molecule has 1 aromatic rings. The van der Waals surface area contributed by atoms with Crippen LogP contribution in [-0.2, 0) is 4.79 Å². The second-order valence-electron chi connectivity index (χ2n) is 4.73. The number of rotatable bonds is 5. The standard InChI is InChI=1S/C13H13F3O4/c14-13(15,16)20-10-4-2-9(3-5-10)19-12(6-1-7-12)8-11(17)18/h2-5H,1,6-8H2,(H,17,18). The van der Waals surface area contributed by atoms with E-state index in [2.05, 4.69) is 4.74 Å². The highest BCUT2D eigenvalue weighted by molar-refractivity contribution is 5.68. The number of carboxylic acid groups (broad SMARTS) is 1. The number of aliphatic carboxylic acids is 1. The molecule has 0 bridgehead atoms. The highest BCUT2D eigenvalue weighted by Crippen LogP contribution is 2.39. The van der Waals surface area contributed by atoms with Crippen LogP contribution < -0.4 is 9.47 Å². The van der Waals surface area contributed by atoms with E-state index in [9.17, 15) is 18.0 Å². The number of alkyl halides is 3. The average molecular weight is 290 g/mol. The summed E-state index contributed by atoms with van der Waals surface area (Å²) < 4.78 is 45.4. The van der Waals surface area contributed by atoms with Gasteiger partial charge in [0, 0.05) is 0 Å². The normalized spacial score (nSPS) is 17.1. The lowest BCUT2D eigenvalue weighted by atomic mass is 9.77. The fourth-order valence-electron chi connectivity index (χ4n) is 2.12. The van der Waals surface area contributed by atoms with Crippen LogP contribution in [0.3, 0.4) is 0 Å². The molecule has 1 fully saturated rings. The van der Waals surface area contributed by atoms with Crippen LogP contribution in [0.5, 0.6) is 11.5 Å². The lowest BCUT2D eigenvalue weighted by molar-refractivity contribution is -0.274. The molecular formula is C13H13F3O4. The van der Waals surface area contributed by atoms with Crippen LogP contribution in [-0.4, -0.2) is 23.0 Å². The van der Waals surface area contributed by atoms with Crippen LogP contribution in [0.25, 0.3) is 0 Å². The highest BCUT2D eigenvalue weighted by Gasteiger charge is 2.41. The molecule has 0 heterocycles. The minimum Gasteiger partial charge on any atom is -0.487 e. The van der Waals surface area contributed by atoms with Gasteiger partial charge in [-0.25, -0.2) is 0 Å². The monoisotopic (exact) mass is 290 g/mol. The van der Waals surface area contributed by atoms with E-state index in [0.717, 1.165) is 18.6 Å². The van der Waals surface area contributed by atoms with Crippen LogP contribution in [0.4, 0.5) is 13.2 Å². The van der Waals surface area contributed by atoms with Gasteiger partial charge >= 0.3 is 12.3 Å². The largest absolute Gasteiger partial charge is 0.573 e. The van der Waals surface area contributed by atoms with Gasteiger partial charge in [-0.1, -0.05) is 0 Å². The van der Waals surface area contributed by atoms with Gasteiger partial charge in [0.05, 0.1) is 6.42 Å². The first kappa shape index (κ1) is 14.5. The van der Waals surface area contributed by atoms with Gasteiger partial charge in [0.15, 0.2) is 0 Å². The molecular weight excluding hydrogens is 277 g/mol. The summed E-state index contributed by atoms with van der Waals surface area (Å²) in [7, 11) is 0. The smallest absolute Gasteiger partial charge is 0.487 e. The van der Waals surface area contributed by atoms with Crippen molar-refractivity contribution >= 4 is 5.97 Å². The number of halogens is 3. The van der Waals surface area contributed by atoms with Crippen LogP contribution in [0.1, 0.15) is 25.7 Å². The third-order valence-corrected chi connectivity index (χ3v) is 3.13.